The van der Waals surface area contributed by atoms with Gasteiger partial charge in [-0.15, -0.1) is 12.8 Å². The number of amides is 1. The third-order valence-electron chi connectivity index (χ3n) is 5.24. The number of rotatable bonds is 8. The number of nitrogens with zero attached hydrogens (tertiary/aromatic N) is 4. The molecule has 0 bridgehead atoms. The molecule has 0 spiro atoms. The molecule has 2 heterocycles. The van der Waals surface area contributed by atoms with Crippen LogP contribution in [0.5, 0.6) is 5.75 Å². The minimum absolute atomic E-state index is 0.273. The lowest BCUT2D eigenvalue weighted by molar-refractivity contribution is 0.0955. The van der Waals surface area contributed by atoms with Gasteiger partial charge in [0.2, 0.25) is 0 Å². The molecule has 2 aromatic carbocycles. The molecule has 4 rings (SSSR count). The Morgan fingerprint density at radius 2 is 1.80 bits per heavy atom. The summed E-state index contributed by atoms with van der Waals surface area (Å²) in [6, 6.07) is 20.9. The van der Waals surface area contributed by atoms with Crippen LogP contribution in [-0.4, -0.2) is 33.9 Å². The highest BCUT2D eigenvalue weighted by Crippen LogP contribution is 2.36. The lowest BCUT2D eigenvalue weighted by atomic mass is 10.2. The first-order valence-corrected chi connectivity index (χ1v) is 13.0. The first-order chi connectivity index (χ1) is 19.7. The summed E-state index contributed by atoms with van der Waals surface area (Å²) < 4.78 is 35.1. The summed E-state index contributed by atoms with van der Waals surface area (Å²) in [6.45, 7) is 4.05. The summed E-state index contributed by atoms with van der Waals surface area (Å²) in [5.74, 6) is 0.461. The number of nitrogens with one attached hydrogen (secondary N) is 1. The molecule has 0 saturated heterocycles. The molecule has 0 saturated carbocycles. The topological polar surface area (TPSA) is 81.4 Å². The SMILES string of the molecule is C#C.C/C=C/c1cc(C(F)(F)P)n(-c2ccc(NC(=O)c3cccc(OCc4ccccc4)c3)nc2)n1.CC=NC. The van der Waals surface area contributed by atoms with Crippen molar-refractivity contribution in [3.05, 3.63) is 108 Å². The molecule has 0 aliphatic rings. The molecule has 0 radical (unpaired) electrons. The van der Waals surface area contributed by atoms with Gasteiger partial charge in [-0.25, -0.2) is 9.67 Å². The summed E-state index contributed by atoms with van der Waals surface area (Å²) in [5.41, 5.74) is -1.31. The van der Waals surface area contributed by atoms with Crippen molar-refractivity contribution in [1.29, 1.82) is 0 Å². The van der Waals surface area contributed by atoms with Crippen LogP contribution in [0.2, 0.25) is 0 Å². The number of hydrogen-bond acceptors (Lipinski definition) is 5. The zero-order valence-corrected chi connectivity index (χ0v) is 24.2. The van der Waals surface area contributed by atoms with Gasteiger partial charge in [0.15, 0.2) is 0 Å². The van der Waals surface area contributed by atoms with Gasteiger partial charge in [0.1, 0.15) is 23.9 Å². The van der Waals surface area contributed by atoms with Crippen molar-refractivity contribution >= 4 is 33.3 Å². The Hall–Kier alpha value is -4.67. The molecular weight excluding hydrogens is 543 g/mol. The van der Waals surface area contributed by atoms with E-state index in [1.54, 1.807) is 62.7 Å². The Kier molecular flexibility index (Phi) is 13.0. The van der Waals surface area contributed by atoms with Crippen LogP contribution in [0.4, 0.5) is 14.6 Å². The molecule has 212 valence electrons. The maximum Gasteiger partial charge on any atom is 0.300 e. The van der Waals surface area contributed by atoms with Crippen LogP contribution in [0.25, 0.3) is 11.8 Å². The van der Waals surface area contributed by atoms with Gasteiger partial charge in [0, 0.05) is 12.6 Å². The van der Waals surface area contributed by atoms with Gasteiger partial charge in [-0.2, -0.15) is 13.9 Å². The Morgan fingerprint density at radius 1 is 1.10 bits per heavy atom. The average Bonchev–Trinajstić information content (AvgIpc) is 3.43. The molecule has 10 heteroatoms. The van der Waals surface area contributed by atoms with Crippen molar-refractivity contribution in [2.24, 2.45) is 4.99 Å². The quantitative estimate of drug-likeness (QED) is 0.139. The third-order valence-corrected chi connectivity index (χ3v) is 5.54. The standard InChI is InChI=1S/C26H23F2N4O2P.C3H7N.C2H2/c1-2-7-20-15-23(26(27,28)35)32(31-20)21-12-13-24(29-16-21)30-25(33)19-10-6-11-22(14-19)34-17-18-8-4-3-5-9-18;1-3-4-2;1-2/h2-16H,17,35H2,1H3,(H,29,30,33);3H,1-2H3;1-2H/b7-2+;;. The van der Waals surface area contributed by atoms with Gasteiger partial charge in [-0.05, 0) is 68.1 Å². The van der Waals surface area contributed by atoms with E-state index in [0.717, 1.165) is 10.2 Å². The predicted octanol–water partition coefficient (Wildman–Crippen LogP) is 7.01. The van der Waals surface area contributed by atoms with Gasteiger partial charge in [0.25, 0.3) is 11.6 Å². The molecule has 1 N–H and O–H groups in total. The molecule has 0 aliphatic heterocycles. The number of aromatic nitrogens is 3. The van der Waals surface area contributed by atoms with Crippen molar-refractivity contribution in [1.82, 2.24) is 14.8 Å². The molecule has 2 aromatic heterocycles. The van der Waals surface area contributed by atoms with Gasteiger partial charge >= 0.3 is 0 Å². The normalized spacial score (nSPS) is 10.8. The second kappa shape index (κ2) is 16.4. The zero-order valence-electron chi connectivity index (χ0n) is 23.0. The zero-order chi connectivity index (χ0) is 30.3. The van der Waals surface area contributed by atoms with Crippen molar-refractivity contribution < 1.29 is 18.3 Å². The first kappa shape index (κ1) is 32.5. The van der Waals surface area contributed by atoms with Gasteiger partial charge in [0.05, 0.1) is 17.6 Å². The van der Waals surface area contributed by atoms with Gasteiger partial charge in [-0.3, -0.25) is 4.79 Å². The Morgan fingerprint density at radius 3 is 2.39 bits per heavy atom. The van der Waals surface area contributed by atoms with Crippen LogP contribution in [-0.2, 0) is 12.3 Å². The van der Waals surface area contributed by atoms with Crippen LogP contribution in [0.15, 0.2) is 90.1 Å². The predicted molar refractivity (Wildman–Crippen MR) is 165 cm³/mol. The molecule has 1 unspecified atom stereocenters. The molecule has 7 nitrogen and oxygen atoms in total. The van der Waals surface area contributed by atoms with Gasteiger partial charge in [-0.1, -0.05) is 51.7 Å². The maximum atomic E-state index is 14.1. The van der Waals surface area contributed by atoms with Crippen LogP contribution in [0.3, 0.4) is 0 Å². The molecule has 0 fully saturated rings. The van der Waals surface area contributed by atoms with Gasteiger partial charge < -0.3 is 15.0 Å². The molecule has 1 amide bonds. The van der Waals surface area contributed by atoms with Crippen molar-refractivity contribution in [3.63, 3.8) is 0 Å². The number of alkyl halides is 2. The first-order valence-electron chi connectivity index (χ1n) is 12.4. The smallest absolute Gasteiger partial charge is 0.300 e. The number of halogens is 2. The molecular formula is C31H32F2N5O2P. The fraction of sp³-hybridized carbons (Fsp3) is 0.161. The summed E-state index contributed by atoms with van der Waals surface area (Å²) >= 11 is 0. The van der Waals surface area contributed by atoms with E-state index in [2.05, 4.69) is 33.2 Å². The number of allylic oxidation sites excluding steroid dienone is 1. The lowest BCUT2D eigenvalue weighted by Gasteiger charge is -2.13. The highest BCUT2D eigenvalue weighted by atomic mass is 31.0. The second-order valence-corrected chi connectivity index (χ2v) is 8.89. The number of terminal acetylenes is 1. The second-order valence-electron chi connectivity index (χ2n) is 8.16. The minimum atomic E-state index is -3.17. The van der Waals surface area contributed by atoms with E-state index in [4.69, 9.17) is 4.74 Å². The number of carbonyl (C=O) groups is 1. The molecule has 4 aromatic rings. The maximum absolute atomic E-state index is 14.1. The fourth-order valence-electron chi connectivity index (χ4n) is 3.33. The van der Waals surface area contributed by atoms with E-state index in [1.807, 2.05) is 37.3 Å². The third kappa shape index (κ3) is 10.1. The van der Waals surface area contributed by atoms with Crippen LogP contribution < -0.4 is 10.1 Å². The number of carbonyl (C=O) groups excluding carboxylic acids is 1. The summed E-state index contributed by atoms with van der Waals surface area (Å²) in [4.78, 5) is 20.5. The fourth-order valence-corrected chi connectivity index (χ4v) is 3.53. The van der Waals surface area contributed by atoms with Crippen LogP contribution in [0, 0.1) is 12.8 Å². The highest BCUT2D eigenvalue weighted by molar-refractivity contribution is 7.17. The monoisotopic (exact) mass is 575 g/mol. The number of hydrogen-bond donors (Lipinski definition) is 1. The van der Waals surface area contributed by atoms with Crippen LogP contribution >= 0.6 is 9.24 Å². The van der Waals surface area contributed by atoms with E-state index >= 15 is 0 Å². The summed E-state index contributed by atoms with van der Waals surface area (Å²) in [7, 11) is 3.27. The number of pyridine rings is 1. The van der Waals surface area contributed by atoms with E-state index < -0.39 is 5.66 Å². The van der Waals surface area contributed by atoms with Crippen molar-refractivity contribution in [2.45, 2.75) is 26.1 Å². The Bertz CT molecular complexity index is 1460. The molecule has 0 aliphatic carbocycles. The Balaban J connectivity index is 0.000000902. The summed E-state index contributed by atoms with van der Waals surface area (Å²) in [6.07, 6.45) is 14.5. The Labute approximate surface area is 241 Å². The van der Waals surface area contributed by atoms with E-state index in [1.165, 1.54) is 27.6 Å². The summed E-state index contributed by atoms with van der Waals surface area (Å²) in [5, 5.41) is 6.93. The largest absolute Gasteiger partial charge is 0.489 e. The van der Waals surface area contributed by atoms with Crippen LogP contribution in [0.1, 0.15) is 41.2 Å². The molecule has 1 atom stereocenters. The number of anilines is 1. The lowest BCUT2D eigenvalue weighted by Crippen LogP contribution is -2.14. The minimum Gasteiger partial charge on any atom is -0.489 e. The average molecular weight is 576 g/mol. The van der Waals surface area contributed by atoms with E-state index in [0.29, 0.717) is 29.3 Å². The molecule has 41 heavy (non-hydrogen) atoms. The number of benzene rings is 2. The van der Waals surface area contributed by atoms with E-state index in [-0.39, 0.29) is 17.4 Å². The highest BCUT2D eigenvalue weighted by Gasteiger charge is 2.30. The van der Waals surface area contributed by atoms with E-state index in [9.17, 15) is 13.6 Å². The number of ether oxygens (including phenoxy) is 1. The number of aliphatic imine (C=N–C) groups is 1. The van der Waals surface area contributed by atoms with Crippen molar-refractivity contribution in [2.75, 3.05) is 12.4 Å². The van der Waals surface area contributed by atoms with Crippen molar-refractivity contribution in [3.8, 4) is 24.3 Å².